The van der Waals surface area contributed by atoms with Gasteiger partial charge in [-0.25, -0.2) is 13.4 Å². The van der Waals surface area contributed by atoms with Gasteiger partial charge in [0.05, 0.1) is 9.82 Å². The van der Waals surface area contributed by atoms with Crippen molar-refractivity contribution in [3.8, 4) is 5.75 Å². The molecule has 0 saturated heterocycles. The van der Waals surface area contributed by atoms with Gasteiger partial charge in [0.25, 0.3) is 10.0 Å². The number of hydrogen-bond acceptors (Lipinski definition) is 6. The highest BCUT2D eigenvalue weighted by Gasteiger charge is 2.21. The molecule has 0 unspecified atom stereocenters. The lowest BCUT2D eigenvalue weighted by Crippen LogP contribution is -2.36. The van der Waals surface area contributed by atoms with Crippen molar-refractivity contribution in [2.24, 2.45) is 0 Å². The fourth-order valence-electron chi connectivity index (χ4n) is 1.11. The van der Waals surface area contributed by atoms with Crippen LogP contribution in [-0.4, -0.2) is 37.6 Å². The van der Waals surface area contributed by atoms with E-state index in [1.807, 2.05) is 0 Å². The molecule has 8 nitrogen and oxygen atoms in total. The van der Waals surface area contributed by atoms with Gasteiger partial charge in [0.1, 0.15) is 0 Å². The van der Waals surface area contributed by atoms with Gasteiger partial charge in [-0.2, -0.15) is 0 Å². The Morgan fingerprint density at radius 1 is 1.41 bits per heavy atom. The van der Waals surface area contributed by atoms with E-state index in [4.69, 9.17) is 0 Å². The van der Waals surface area contributed by atoms with E-state index in [1.54, 1.807) is 0 Å². The molecule has 0 bridgehead atoms. The molecule has 0 amide bonds. The average Bonchev–Trinajstić information content (AvgIpc) is 2.15. The van der Waals surface area contributed by atoms with E-state index >= 15 is 0 Å². The van der Waals surface area contributed by atoms with Gasteiger partial charge in [0.2, 0.25) is 0 Å². The normalized spacial score (nSPS) is 11.7. The molecule has 17 heavy (non-hydrogen) atoms. The Morgan fingerprint density at radius 2 is 2.00 bits per heavy atom. The van der Waals surface area contributed by atoms with E-state index in [-0.39, 0.29) is 4.90 Å². The summed E-state index contributed by atoms with van der Waals surface area (Å²) >= 11 is 0. The van der Waals surface area contributed by atoms with E-state index in [9.17, 15) is 23.6 Å². The van der Waals surface area contributed by atoms with Crippen molar-refractivity contribution >= 4 is 15.7 Å². The van der Waals surface area contributed by atoms with Gasteiger partial charge >= 0.3 is 5.69 Å². The largest absolute Gasteiger partial charge is 0.502 e. The minimum absolute atomic E-state index is 0.296. The van der Waals surface area contributed by atoms with Gasteiger partial charge in [0.15, 0.2) is 5.75 Å². The zero-order valence-corrected chi connectivity index (χ0v) is 9.93. The van der Waals surface area contributed by atoms with Gasteiger partial charge in [-0.15, -0.1) is 4.83 Å². The van der Waals surface area contributed by atoms with Crippen LogP contribution in [0.5, 0.6) is 5.75 Å². The molecular weight excluding hydrogens is 250 g/mol. The molecular formula is C8H11N3O5S. The highest BCUT2D eigenvalue weighted by molar-refractivity contribution is 7.89. The molecule has 9 heteroatoms. The number of sulfonamides is 1. The SMILES string of the molecule is CN(C)NS(=O)(=O)c1ccc(O)c([N+](=O)[O-])c1. The van der Waals surface area contributed by atoms with Crippen molar-refractivity contribution in [2.45, 2.75) is 4.90 Å². The predicted octanol–water partition coefficient (Wildman–Crippen LogP) is 0.0553. The number of hydrogen-bond donors (Lipinski definition) is 2. The number of phenolic OH excluding ortho intramolecular Hbond substituents is 1. The van der Waals surface area contributed by atoms with E-state index in [0.29, 0.717) is 0 Å². The maximum Gasteiger partial charge on any atom is 0.312 e. The summed E-state index contributed by atoms with van der Waals surface area (Å²) in [5.41, 5.74) is -0.661. The molecule has 94 valence electrons. The van der Waals surface area contributed by atoms with Gasteiger partial charge < -0.3 is 5.11 Å². The molecule has 2 N–H and O–H groups in total. The van der Waals surface area contributed by atoms with E-state index in [0.717, 1.165) is 18.2 Å². The van der Waals surface area contributed by atoms with Crippen molar-refractivity contribution < 1.29 is 18.4 Å². The van der Waals surface area contributed by atoms with Crippen LogP contribution in [0.15, 0.2) is 23.1 Å². The van der Waals surface area contributed by atoms with Crippen molar-refractivity contribution in [1.29, 1.82) is 0 Å². The number of nitro groups is 1. The summed E-state index contributed by atoms with van der Waals surface area (Å²) in [6, 6.07) is 2.83. The van der Waals surface area contributed by atoms with Crippen LogP contribution >= 0.6 is 0 Å². The first kappa shape index (κ1) is 13.4. The lowest BCUT2D eigenvalue weighted by Gasteiger charge is -2.12. The van der Waals surface area contributed by atoms with E-state index < -0.39 is 26.4 Å². The molecule has 0 radical (unpaired) electrons. The maximum atomic E-state index is 11.7. The van der Waals surface area contributed by atoms with Crippen molar-refractivity contribution in [2.75, 3.05) is 14.1 Å². The summed E-state index contributed by atoms with van der Waals surface area (Å²) in [4.78, 5) is 11.5. The lowest BCUT2D eigenvalue weighted by atomic mass is 10.3. The highest BCUT2D eigenvalue weighted by atomic mass is 32.2. The summed E-state index contributed by atoms with van der Waals surface area (Å²) in [7, 11) is -0.943. The quantitative estimate of drug-likeness (QED) is 0.585. The van der Waals surface area contributed by atoms with Crippen LogP contribution in [-0.2, 0) is 10.0 Å². The third-order valence-corrected chi connectivity index (χ3v) is 3.24. The van der Waals surface area contributed by atoms with Gasteiger partial charge in [0, 0.05) is 20.2 Å². The Hall–Kier alpha value is -1.71. The summed E-state index contributed by atoms with van der Waals surface area (Å²) in [6.07, 6.45) is 0. The fourth-order valence-corrected chi connectivity index (χ4v) is 2.21. The summed E-state index contributed by atoms with van der Waals surface area (Å²) in [5, 5.41) is 20.9. The van der Waals surface area contributed by atoms with Gasteiger partial charge in [-0.3, -0.25) is 10.1 Å². The van der Waals surface area contributed by atoms with E-state index in [2.05, 4.69) is 4.83 Å². The molecule has 0 aliphatic heterocycles. The molecule has 1 rings (SSSR count). The summed E-state index contributed by atoms with van der Waals surface area (Å²) in [5.74, 6) is -0.584. The van der Waals surface area contributed by atoms with Crippen molar-refractivity contribution in [3.63, 3.8) is 0 Å². The molecule has 0 aliphatic rings. The number of aromatic hydroxyl groups is 1. The topological polar surface area (TPSA) is 113 Å². The zero-order chi connectivity index (χ0) is 13.2. The monoisotopic (exact) mass is 261 g/mol. The second-order valence-corrected chi connectivity index (χ2v) is 5.06. The van der Waals surface area contributed by atoms with Crippen LogP contribution in [0.1, 0.15) is 0 Å². The first-order valence-electron chi connectivity index (χ1n) is 4.41. The predicted molar refractivity (Wildman–Crippen MR) is 58.8 cm³/mol. The van der Waals surface area contributed by atoms with Crippen LogP contribution in [0.3, 0.4) is 0 Å². The minimum Gasteiger partial charge on any atom is -0.502 e. The van der Waals surface area contributed by atoms with Crippen LogP contribution in [0.25, 0.3) is 0 Å². The Bertz CT molecular complexity index is 540. The number of nitrogens with one attached hydrogen (secondary N) is 1. The van der Waals surface area contributed by atoms with Crippen LogP contribution in [0.4, 0.5) is 5.69 Å². The number of nitrogens with zero attached hydrogens (tertiary/aromatic N) is 2. The molecule has 0 aromatic heterocycles. The number of phenols is 1. The Kier molecular flexibility index (Phi) is 3.66. The van der Waals surface area contributed by atoms with Crippen molar-refractivity contribution in [3.05, 3.63) is 28.3 Å². The second kappa shape index (κ2) is 4.65. The zero-order valence-electron chi connectivity index (χ0n) is 9.11. The van der Waals surface area contributed by atoms with Crippen molar-refractivity contribution in [1.82, 2.24) is 9.84 Å². The van der Waals surface area contributed by atoms with Gasteiger partial charge in [-0.1, -0.05) is 0 Å². The summed E-state index contributed by atoms with van der Waals surface area (Å²) in [6.45, 7) is 0. The summed E-state index contributed by atoms with van der Waals surface area (Å²) < 4.78 is 23.3. The molecule has 0 atom stereocenters. The highest BCUT2D eigenvalue weighted by Crippen LogP contribution is 2.27. The molecule has 0 fully saturated rings. The Labute approximate surface area is 97.6 Å². The third-order valence-electron chi connectivity index (χ3n) is 1.76. The minimum atomic E-state index is -3.87. The number of hydrazine groups is 1. The number of nitro benzene ring substituents is 1. The first-order chi connectivity index (χ1) is 7.74. The standard InChI is InChI=1S/C8H11N3O5S/c1-10(2)9-17(15,16)6-3-4-8(12)7(5-6)11(13)14/h3-5,9,12H,1-2H3. The molecule has 0 saturated carbocycles. The molecule has 1 aromatic rings. The smallest absolute Gasteiger partial charge is 0.312 e. The van der Waals surface area contributed by atoms with Crippen LogP contribution in [0.2, 0.25) is 0 Å². The fraction of sp³-hybridized carbons (Fsp3) is 0.250. The Morgan fingerprint density at radius 3 is 2.47 bits per heavy atom. The maximum absolute atomic E-state index is 11.7. The van der Waals surface area contributed by atoms with Crippen LogP contribution in [0, 0.1) is 10.1 Å². The van der Waals surface area contributed by atoms with E-state index in [1.165, 1.54) is 19.1 Å². The van der Waals surface area contributed by atoms with Gasteiger partial charge in [-0.05, 0) is 12.1 Å². The lowest BCUT2D eigenvalue weighted by molar-refractivity contribution is -0.386. The van der Waals surface area contributed by atoms with Crippen LogP contribution < -0.4 is 4.83 Å². The first-order valence-corrected chi connectivity index (χ1v) is 5.89. The molecule has 0 aliphatic carbocycles. The third kappa shape index (κ3) is 3.12. The average molecular weight is 261 g/mol. The number of rotatable bonds is 4. The second-order valence-electron chi connectivity index (χ2n) is 3.40. The molecule has 0 spiro atoms. The molecule has 0 heterocycles. The number of benzene rings is 1. The Balaban J connectivity index is 3.25. The molecule has 1 aromatic carbocycles.